The standard InChI is InChI=1S/C25H23N3O4/c1-2-28(19-8-6-17-13-31-14-18(17)10-19)24-12-22(26-15-27-24)16-7-9-21(25(29)30)23(11-16)32-20-4-3-5-20/h6-15,20H,2-5H2,1H3,(H,29,30). The van der Waals surface area contributed by atoms with Gasteiger partial charge in [0, 0.05) is 34.6 Å². The molecule has 0 spiro atoms. The second kappa shape index (κ2) is 8.34. The topological polar surface area (TPSA) is 88.7 Å². The number of carboxylic acids is 1. The number of carboxylic acid groups (broad SMARTS) is 1. The number of hydrogen-bond donors (Lipinski definition) is 1. The number of ether oxygens (including phenoxy) is 1. The minimum absolute atomic E-state index is 0.0812. The average molecular weight is 429 g/mol. The third kappa shape index (κ3) is 3.77. The molecular formula is C25H23N3O4. The first-order chi connectivity index (χ1) is 15.6. The zero-order valence-electron chi connectivity index (χ0n) is 17.7. The predicted octanol–water partition coefficient (Wildman–Crippen LogP) is 5.68. The van der Waals surface area contributed by atoms with Crippen LogP contribution < -0.4 is 9.64 Å². The number of fused-ring (bicyclic) bond motifs is 1. The third-order valence-electron chi connectivity index (χ3n) is 5.87. The summed E-state index contributed by atoms with van der Waals surface area (Å²) in [5.74, 6) is 0.141. The van der Waals surface area contributed by atoms with Crippen LogP contribution >= 0.6 is 0 Å². The summed E-state index contributed by atoms with van der Waals surface area (Å²) in [4.78, 5) is 22.7. The van der Waals surface area contributed by atoms with Crippen molar-refractivity contribution in [1.82, 2.24) is 9.97 Å². The highest BCUT2D eigenvalue weighted by molar-refractivity contribution is 5.92. The lowest BCUT2D eigenvalue weighted by atomic mass is 9.96. The van der Waals surface area contributed by atoms with Crippen molar-refractivity contribution < 1.29 is 19.1 Å². The zero-order valence-corrected chi connectivity index (χ0v) is 17.7. The summed E-state index contributed by atoms with van der Waals surface area (Å²) in [5.41, 5.74) is 2.65. The molecule has 2 aromatic heterocycles. The molecule has 1 saturated carbocycles. The van der Waals surface area contributed by atoms with Crippen molar-refractivity contribution in [3.63, 3.8) is 0 Å². The van der Waals surface area contributed by atoms with Crippen LogP contribution in [0.5, 0.6) is 5.75 Å². The van der Waals surface area contributed by atoms with Gasteiger partial charge in [0.1, 0.15) is 23.5 Å². The van der Waals surface area contributed by atoms with Crippen LogP contribution in [-0.4, -0.2) is 33.7 Å². The molecule has 1 fully saturated rings. The normalized spacial score (nSPS) is 13.7. The van der Waals surface area contributed by atoms with Crippen LogP contribution in [0.2, 0.25) is 0 Å². The molecule has 0 bridgehead atoms. The van der Waals surface area contributed by atoms with Gasteiger partial charge in [-0.25, -0.2) is 14.8 Å². The zero-order chi connectivity index (χ0) is 22.1. The molecule has 1 aliphatic carbocycles. The van der Waals surface area contributed by atoms with Crippen molar-refractivity contribution in [2.75, 3.05) is 11.4 Å². The van der Waals surface area contributed by atoms with Crippen LogP contribution in [0, 0.1) is 0 Å². The number of carbonyl (C=O) groups is 1. The number of aromatic nitrogens is 2. The summed E-state index contributed by atoms with van der Waals surface area (Å²) in [6.45, 7) is 2.78. The molecule has 32 heavy (non-hydrogen) atoms. The Morgan fingerprint density at radius 3 is 2.72 bits per heavy atom. The maximum Gasteiger partial charge on any atom is 0.339 e. The van der Waals surface area contributed by atoms with Gasteiger partial charge in [-0.05, 0) is 56.5 Å². The quantitative estimate of drug-likeness (QED) is 0.404. The van der Waals surface area contributed by atoms with Gasteiger partial charge in [-0.2, -0.15) is 0 Å². The van der Waals surface area contributed by atoms with Gasteiger partial charge in [0.2, 0.25) is 0 Å². The molecule has 0 atom stereocenters. The molecule has 0 saturated heterocycles. The number of anilines is 2. The molecular weight excluding hydrogens is 406 g/mol. The summed E-state index contributed by atoms with van der Waals surface area (Å²) in [6, 6.07) is 13.1. The Bertz CT molecular complexity index is 1280. The van der Waals surface area contributed by atoms with Crippen molar-refractivity contribution in [2.45, 2.75) is 32.3 Å². The van der Waals surface area contributed by atoms with Gasteiger partial charge < -0.3 is 19.2 Å². The molecule has 0 unspecified atom stereocenters. The number of furan rings is 1. The fraction of sp³-hybridized carbons (Fsp3) is 0.240. The average Bonchev–Trinajstić information content (AvgIpc) is 3.25. The Kier molecular flexibility index (Phi) is 5.23. The summed E-state index contributed by atoms with van der Waals surface area (Å²) >= 11 is 0. The van der Waals surface area contributed by atoms with Crippen LogP contribution in [0.15, 0.2) is 65.7 Å². The van der Waals surface area contributed by atoms with Crippen LogP contribution in [0.25, 0.3) is 22.0 Å². The fourth-order valence-corrected chi connectivity index (χ4v) is 3.87. The highest BCUT2D eigenvalue weighted by Crippen LogP contribution is 2.33. The molecule has 5 rings (SSSR count). The summed E-state index contributed by atoms with van der Waals surface area (Å²) in [5, 5.41) is 11.6. The summed E-state index contributed by atoms with van der Waals surface area (Å²) in [6.07, 6.45) is 8.08. The Labute approximate surface area is 185 Å². The van der Waals surface area contributed by atoms with E-state index < -0.39 is 5.97 Å². The summed E-state index contributed by atoms with van der Waals surface area (Å²) < 4.78 is 11.3. The van der Waals surface area contributed by atoms with Crippen LogP contribution in [-0.2, 0) is 0 Å². The van der Waals surface area contributed by atoms with E-state index in [1.807, 2.05) is 18.2 Å². The number of nitrogens with zero attached hydrogens (tertiary/aromatic N) is 3. The molecule has 7 nitrogen and oxygen atoms in total. The van der Waals surface area contributed by atoms with E-state index >= 15 is 0 Å². The van der Waals surface area contributed by atoms with E-state index in [2.05, 4.69) is 27.9 Å². The molecule has 2 heterocycles. The minimum Gasteiger partial charge on any atom is -0.490 e. The van der Waals surface area contributed by atoms with Gasteiger partial charge in [-0.1, -0.05) is 6.07 Å². The Morgan fingerprint density at radius 2 is 1.97 bits per heavy atom. The molecule has 2 aromatic carbocycles. The van der Waals surface area contributed by atoms with Crippen LogP contribution in [0.1, 0.15) is 36.5 Å². The second-order valence-corrected chi connectivity index (χ2v) is 7.88. The van der Waals surface area contributed by atoms with Crippen LogP contribution in [0.4, 0.5) is 11.5 Å². The van der Waals surface area contributed by atoms with E-state index in [1.54, 1.807) is 30.7 Å². The predicted molar refractivity (Wildman–Crippen MR) is 122 cm³/mol. The Hall–Kier alpha value is -3.87. The van der Waals surface area contributed by atoms with Crippen molar-refractivity contribution in [3.8, 4) is 17.0 Å². The minimum atomic E-state index is -0.999. The number of rotatable bonds is 7. The number of aromatic carboxylic acids is 1. The van der Waals surface area contributed by atoms with E-state index in [0.29, 0.717) is 18.0 Å². The van der Waals surface area contributed by atoms with E-state index in [4.69, 9.17) is 9.15 Å². The van der Waals surface area contributed by atoms with Gasteiger partial charge in [0.05, 0.1) is 24.3 Å². The maximum atomic E-state index is 11.7. The lowest BCUT2D eigenvalue weighted by Gasteiger charge is -2.27. The van der Waals surface area contributed by atoms with Gasteiger partial charge in [-0.15, -0.1) is 0 Å². The molecule has 7 heteroatoms. The fourth-order valence-electron chi connectivity index (χ4n) is 3.87. The molecule has 4 aromatic rings. The first kappa shape index (κ1) is 20.1. The van der Waals surface area contributed by atoms with Crippen molar-refractivity contribution in [1.29, 1.82) is 0 Å². The van der Waals surface area contributed by atoms with E-state index in [0.717, 1.165) is 47.1 Å². The van der Waals surface area contributed by atoms with Gasteiger partial charge in [0.15, 0.2) is 0 Å². The van der Waals surface area contributed by atoms with Crippen LogP contribution in [0.3, 0.4) is 0 Å². The third-order valence-corrected chi connectivity index (χ3v) is 5.87. The highest BCUT2D eigenvalue weighted by atomic mass is 16.5. The largest absolute Gasteiger partial charge is 0.490 e. The van der Waals surface area contributed by atoms with Gasteiger partial charge >= 0.3 is 5.97 Å². The molecule has 0 amide bonds. The van der Waals surface area contributed by atoms with Crippen molar-refractivity contribution >= 4 is 28.2 Å². The molecule has 1 aliphatic rings. The lowest BCUT2D eigenvalue weighted by Crippen LogP contribution is -2.25. The lowest BCUT2D eigenvalue weighted by molar-refractivity contribution is 0.0680. The Morgan fingerprint density at radius 1 is 1.12 bits per heavy atom. The maximum absolute atomic E-state index is 11.7. The van der Waals surface area contributed by atoms with E-state index in [-0.39, 0.29) is 11.7 Å². The smallest absolute Gasteiger partial charge is 0.339 e. The molecule has 162 valence electrons. The van der Waals surface area contributed by atoms with E-state index in [9.17, 15) is 9.90 Å². The summed E-state index contributed by atoms with van der Waals surface area (Å²) in [7, 11) is 0. The Balaban J connectivity index is 1.50. The van der Waals surface area contributed by atoms with Crippen molar-refractivity contribution in [3.05, 3.63) is 66.9 Å². The first-order valence-corrected chi connectivity index (χ1v) is 10.7. The van der Waals surface area contributed by atoms with Gasteiger partial charge in [-0.3, -0.25) is 0 Å². The number of hydrogen-bond acceptors (Lipinski definition) is 6. The molecule has 1 N–H and O–H groups in total. The van der Waals surface area contributed by atoms with E-state index in [1.165, 1.54) is 6.33 Å². The molecule has 0 radical (unpaired) electrons. The SMILES string of the molecule is CCN(c1ccc2cocc2c1)c1cc(-c2ccc(C(=O)O)c(OC3CCC3)c2)ncn1. The highest BCUT2D eigenvalue weighted by Gasteiger charge is 2.23. The monoisotopic (exact) mass is 429 g/mol. The van der Waals surface area contributed by atoms with Gasteiger partial charge in [0.25, 0.3) is 0 Å². The number of benzene rings is 2. The first-order valence-electron chi connectivity index (χ1n) is 10.7. The molecule has 0 aliphatic heterocycles. The second-order valence-electron chi connectivity index (χ2n) is 7.88. The van der Waals surface area contributed by atoms with Crippen molar-refractivity contribution in [2.24, 2.45) is 0 Å².